The summed E-state index contributed by atoms with van der Waals surface area (Å²) in [5.41, 5.74) is 2.80. The van der Waals surface area contributed by atoms with Gasteiger partial charge in [0.1, 0.15) is 11.6 Å². The summed E-state index contributed by atoms with van der Waals surface area (Å²) in [7, 11) is 0. The molecule has 2 heterocycles. The van der Waals surface area contributed by atoms with Crippen LogP contribution >= 0.6 is 12.4 Å². The maximum absolute atomic E-state index is 13.9. The van der Waals surface area contributed by atoms with Gasteiger partial charge in [0.25, 0.3) is 0 Å². The maximum atomic E-state index is 13.9. The van der Waals surface area contributed by atoms with E-state index in [1.807, 2.05) is 23.1 Å². The van der Waals surface area contributed by atoms with Crippen molar-refractivity contribution in [3.8, 4) is 0 Å². The van der Waals surface area contributed by atoms with E-state index in [-0.39, 0.29) is 30.1 Å². The van der Waals surface area contributed by atoms with Gasteiger partial charge in [0.15, 0.2) is 0 Å². The Morgan fingerprint density at radius 3 is 2.37 bits per heavy atom. The van der Waals surface area contributed by atoms with E-state index in [4.69, 9.17) is 0 Å². The average molecular weight is 580 g/mol. The molecule has 2 aliphatic heterocycles. The number of amides is 2. The van der Waals surface area contributed by atoms with Crippen LogP contribution in [0.3, 0.4) is 0 Å². The molecule has 5 rings (SSSR count). The van der Waals surface area contributed by atoms with Gasteiger partial charge in [-0.15, -0.1) is 12.4 Å². The number of nitrogens with zero attached hydrogens (tertiary/aromatic N) is 2. The number of hydrogen-bond donors (Lipinski definition) is 2. The van der Waals surface area contributed by atoms with E-state index in [2.05, 4.69) is 65.7 Å². The molecule has 0 bridgehead atoms. The van der Waals surface area contributed by atoms with E-state index >= 15 is 0 Å². The van der Waals surface area contributed by atoms with Gasteiger partial charge in [0.05, 0.1) is 6.10 Å². The van der Waals surface area contributed by atoms with Crippen LogP contribution in [-0.4, -0.2) is 64.0 Å². The van der Waals surface area contributed by atoms with Crippen LogP contribution in [0.15, 0.2) is 54.6 Å². The van der Waals surface area contributed by atoms with Crippen molar-refractivity contribution < 1.29 is 14.7 Å². The molecule has 222 valence electrons. The Hall–Kier alpha value is -2.67. The molecule has 6 nitrogen and oxygen atoms in total. The van der Waals surface area contributed by atoms with Gasteiger partial charge < -0.3 is 15.3 Å². The molecule has 2 atom stereocenters. The zero-order chi connectivity index (χ0) is 28.0. The molecule has 41 heavy (non-hydrogen) atoms. The van der Waals surface area contributed by atoms with Gasteiger partial charge in [-0.25, -0.2) is 0 Å². The number of halogens is 1. The molecular formula is C34H46ClN3O3. The fourth-order valence-electron chi connectivity index (χ4n) is 6.87. The third kappa shape index (κ3) is 7.04. The molecule has 3 fully saturated rings. The summed E-state index contributed by atoms with van der Waals surface area (Å²) in [6.45, 7) is 4.98. The molecule has 2 N–H and O–H groups in total. The molecule has 0 unspecified atom stereocenters. The monoisotopic (exact) mass is 579 g/mol. The summed E-state index contributed by atoms with van der Waals surface area (Å²) < 4.78 is 0. The normalized spacial score (nSPS) is 22.5. The number of nitrogens with one attached hydrogen (secondary N) is 1. The molecule has 2 amide bonds. The minimum absolute atomic E-state index is 0. The van der Waals surface area contributed by atoms with Gasteiger partial charge in [-0.05, 0) is 54.7 Å². The first-order valence-electron chi connectivity index (χ1n) is 15.4. The lowest BCUT2D eigenvalue weighted by molar-refractivity contribution is -0.166. The molecule has 1 saturated carbocycles. The minimum atomic E-state index is -0.821. The summed E-state index contributed by atoms with van der Waals surface area (Å²) in [5, 5.41) is 14.2. The highest BCUT2D eigenvalue weighted by Gasteiger charge is 2.55. The van der Waals surface area contributed by atoms with Crippen molar-refractivity contribution in [1.29, 1.82) is 0 Å². The number of hydrogen-bond acceptors (Lipinski definition) is 4. The highest BCUT2D eigenvalue weighted by molar-refractivity contribution is 6.00. The van der Waals surface area contributed by atoms with Crippen molar-refractivity contribution in [2.45, 2.75) is 88.9 Å². The van der Waals surface area contributed by atoms with Crippen LogP contribution < -0.4 is 5.32 Å². The molecule has 0 radical (unpaired) electrons. The predicted molar refractivity (Wildman–Crippen MR) is 167 cm³/mol. The highest BCUT2D eigenvalue weighted by Crippen LogP contribution is 2.36. The Morgan fingerprint density at radius 1 is 0.976 bits per heavy atom. The summed E-state index contributed by atoms with van der Waals surface area (Å²) in [4.78, 5) is 31.9. The first-order chi connectivity index (χ1) is 19.5. The molecule has 2 aromatic rings. The quantitative estimate of drug-likeness (QED) is 0.375. The second-order valence-electron chi connectivity index (χ2n) is 11.9. The lowest BCUT2D eigenvalue weighted by Crippen LogP contribution is -2.75. The number of carbonyl (C=O) groups excluding carboxylic acids is 2. The standard InChI is InChI=1S/C34H45N3O3.ClH/c1-2-3-22-37-32(39)30(31(38)28-15-8-5-9-16-28)35-33(40)34(37)20-23-36(24-21-34)25-29-17-11-10-14-27(29)19-18-26-12-6-4-7-13-26;/h4,6-7,10-14,17-19,28,30-31,38H,2-3,5,8-9,15-16,20-25H2,1H3,(H,35,40);1H/t30-,31-;/m1./s1. The molecule has 0 aromatic heterocycles. The molecule has 3 aliphatic rings. The van der Waals surface area contributed by atoms with Gasteiger partial charge in [0, 0.05) is 26.2 Å². The van der Waals surface area contributed by atoms with Crippen molar-refractivity contribution in [2.24, 2.45) is 5.92 Å². The minimum Gasteiger partial charge on any atom is -0.390 e. The topological polar surface area (TPSA) is 72.9 Å². The van der Waals surface area contributed by atoms with Crippen LogP contribution in [0.4, 0.5) is 0 Å². The van der Waals surface area contributed by atoms with Crippen molar-refractivity contribution >= 4 is 36.4 Å². The Morgan fingerprint density at radius 2 is 1.66 bits per heavy atom. The van der Waals surface area contributed by atoms with Crippen LogP contribution in [0.2, 0.25) is 0 Å². The number of aliphatic hydroxyl groups excluding tert-OH is 1. The van der Waals surface area contributed by atoms with E-state index in [1.165, 1.54) is 23.1 Å². The van der Waals surface area contributed by atoms with Crippen molar-refractivity contribution in [3.63, 3.8) is 0 Å². The lowest BCUT2D eigenvalue weighted by atomic mass is 9.78. The van der Waals surface area contributed by atoms with Crippen LogP contribution in [0.5, 0.6) is 0 Å². The molecule has 1 aliphatic carbocycles. The van der Waals surface area contributed by atoms with Crippen molar-refractivity contribution in [3.05, 3.63) is 71.3 Å². The van der Waals surface area contributed by atoms with Crippen LogP contribution in [0.25, 0.3) is 12.2 Å². The summed E-state index contributed by atoms with van der Waals surface area (Å²) in [6.07, 6.45) is 11.8. The fraction of sp³-hybridized carbons (Fsp3) is 0.529. The van der Waals surface area contributed by atoms with Gasteiger partial charge in [-0.1, -0.05) is 99.4 Å². The second kappa shape index (κ2) is 14.5. The summed E-state index contributed by atoms with van der Waals surface area (Å²) in [6, 6.07) is 18.0. The molecule has 2 aromatic carbocycles. The number of rotatable bonds is 9. The lowest BCUT2D eigenvalue weighted by Gasteiger charge is -2.52. The number of benzene rings is 2. The van der Waals surface area contributed by atoms with Gasteiger partial charge in [-0.2, -0.15) is 0 Å². The van der Waals surface area contributed by atoms with Gasteiger partial charge in [0.2, 0.25) is 11.8 Å². The fourth-order valence-corrected chi connectivity index (χ4v) is 6.87. The highest BCUT2D eigenvalue weighted by atomic mass is 35.5. The third-order valence-electron chi connectivity index (χ3n) is 9.35. The van der Waals surface area contributed by atoms with Crippen LogP contribution in [-0.2, 0) is 16.1 Å². The van der Waals surface area contributed by atoms with E-state index < -0.39 is 17.7 Å². The Kier molecular flexibility index (Phi) is 11.0. The van der Waals surface area contributed by atoms with E-state index in [0.717, 1.165) is 58.2 Å². The number of piperidine rings is 1. The number of aliphatic hydroxyl groups is 1. The van der Waals surface area contributed by atoms with E-state index in [9.17, 15) is 14.7 Å². The SMILES string of the molecule is CCCCN1C(=O)[C@@H]([C@H](O)C2CCCCC2)NC(=O)C12CCN(Cc1ccccc1C=Cc1ccccc1)CC2.Cl. The second-order valence-corrected chi connectivity index (χ2v) is 11.9. The van der Waals surface area contributed by atoms with E-state index in [1.54, 1.807) is 0 Å². The van der Waals surface area contributed by atoms with Crippen LogP contribution in [0, 0.1) is 5.92 Å². The first-order valence-corrected chi connectivity index (χ1v) is 15.4. The smallest absolute Gasteiger partial charge is 0.248 e. The molecule has 1 spiro atoms. The summed E-state index contributed by atoms with van der Waals surface area (Å²) >= 11 is 0. The summed E-state index contributed by atoms with van der Waals surface area (Å²) in [5.74, 6) is -0.0761. The predicted octanol–water partition coefficient (Wildman–Crippen LogP) is 5.68. The van der Waals surface area contributed by atoms with E-state index in [0.29, 0.717) is 19.4 Å². The van der Waals surface area contributed by atoms with Crippen LogP contribution in [0.1, 0.15) is 81.4 Å². The Labute approximate surface area is 251 Å². The zero-order valence-electron chi connectivity index (χ0n) is 24.3. The maximum Gasteiger partial charge on any atom is 0.248 e. The zero-order valence-corrected chi connectivity index (χ0v) is 25.2. The van der Waals surface area contributed by atoms with Crippen molar-refractivity contribution in [2.75, 3.05) is 19.6 Å². The Balaban J connectivity index is 0.00000387. The number of piperazine rings is 1. The molecule has 2 saturated heterocycles. The number of carbonyl (C=O) groups is 2. The Bertz CT molecular complexity index is 1170. The third-order valence-corrected chi connectivity index (χ3v) is 9.35. The average Bonchev–Trinajstić information content (AvgIpc) is 3.00. The molecule has 7 heteroatoms. The largest absolute Gasteiger partial charge is 0.390 e. The first kappa shape index (κ1) is 31.3. The van der Waals surface area contributed by atoms with Gasteiger partial charge >= 0.3 is 0 Å². The van der Waals surface area contributed by atoms with Crippen molar-refractivity contribution in [1.82, 2.24) is 15.1 Å². The number of likely N-dealkylation sites (tertiary alicyclic amines) is 1. The van der Waals surface area contributed by atoms with Gasteiger partial charge in [-0.3, -0.25) is 14.5 Å². The molecular weight excluding hydrogens is 534 g/mol. The number of unbranched alkanes of at least 4 members (excludes halogenated alkanes) is 1.